The van der Waals surface area contributed by atoms with Crippen LogP contribution in [-0.2, 0) is 0 Å². The van der Waals surface area contributed by atoms with Crippen molar-refractivity contribution in [2.24, 2.45) is 0 Å². The highest BCUT2D eigenvalue weighted by molar-refractivity contribution is 9.09. The van der Waals surface area contributed by atoms with Crippen LogP contribution in [0.4, 0.5) is 4.39 Å². The van der Waals surface area contributed by atoms with Crippen molar-refractivity contribution in [3.63, 3.8) is 0 Å². The zero-order valence-electron chi connectivity index (χ0n) is 7.56. The third-order valence-electron chi connectivity index (χ3n) is 1.84. The Morgan fingerprint density at radius 3 is 2.92 bits per heavy atom. The summed E-state index contributed by atoms with van der Waals surface area (Å²) in [6, 6.07) is 6.67. The van der Waals surface area contributed by atoms with E-state index in [1.165, 1.54) is 6.07 Å². The number of hydrogen-bond donors (Lipinski definition) is 0. The van der Waals surface area contributed by atoms with Crippen LogP contribution in [0.2, 0.25) is 0 Å². The van der Waals surface area contributed by atoms with Gasteiger partial charge in [0.15, 0.2) is 0 Å². The minimum absolute atomic E-state index is 0.177. The van der Waals surface area contributed by atoms with E-state index in [1.807, 2.05) is 13.0 Å². The number of hydrogen-bond acceptors (Lipinski definition) is 0. The first kappa shape index (κ1) is 10.5. The normalized spacial score (nSPS) is 11.8. The molecule has 70 valence electrons. The molecule has 0 aliphatic heterocycles. The third kappa shape index (κ3) is 3.31. The molecule has 13 heavy (non-hydrogen) atoms. The van der Waals surface area contributed by atoms with Gasteiger partial charge < -0.3 is 0 Å². The van der Waals surface area contributed by atoms with Gasteiger partial charge in [-0.15, -0.1) is 0 Å². The van der Waals surface area contributed by atoms with Crippen LogP contribution in [0, 0.1) is 5.82 Å². The minimum Gasteiger partial charge on any atom is -0.207 e. The largest absolute Gasteiger partial charge is 0.207 e. The molecule has 0 heterocycles. The molecule has 0 saturated heterocycles. The molecule has 1 rings (SSSR count). The first-order chi connectivity index (χ1) is 6.24. The molecule has 0 atom stereocenters. The Hall–Kier alpha value is -0.630. The van der Waals surface area contributed by atoms with Gasteiger partial charge in [-0.05, 0) is 36.6 Å². The monoisotopic (exact) mass is 242 g/mol. The Labute approximate surface area is 86.6 Å². The maximum absolute atomic E-state index is 12.8. The number of alkyl halides is 1. The lowest BCUT2D eigenvalue weighted by atomic mass is 10.1. The van der Waals surface area contributed by atoms with Crippen LogP contribution in [-0.4, -0.2) is 5.33 Å². The molecular weight excluding hydrogens is 231 g/mol. The quantitative estimate of drug-likeness (QED) is 0.703. The summed E-state index contributed by atoms with van der Waals surface area (Å²) in [7, 11) is 0. The lowest BCUT2D eigenvalue weighted by Gasteiger charge is -2.00. The maximum atomic E-state index is 12.8. The molecule has 0 aromatic heterocycles. The van der Waals surface area contributed by atoms with Gasteiger partial charge >= 0.3 is 0 Å². The minimum atomic E-state index is -0.177. The Kier molecular flexibility index (Phi) is 4.16. The smallest absolute Gasteiger partial charge is 0.123 e. The molecule has 2 heteroatoms. The summed E-state index contributed by atoms with van der Waals surface area (Å²) in [5.74, 6) is -0.177. The van der Waals surface area contributed by atoms with Crippen molar-refractivity contribution >= 4 is 21.5 Å². The van der Waals surface area contributed by atoms with Crippen molar-refractivity contribution in [3.05, 3.63) is 41.7 Å². The molecule has 1 aromatic carbocycles. The highest BCUT2D eigenvalue weighted by Gasteiger charge is 1.96. The van der Waals surface area contributed by atoms with Crippen LogP contribution in [0.15, 0.2) is 30.3 Å². The fourth-order valence-electron chi connectivity index (χ4n) is 1.12. The van der Waals surface area contributed by atoms with Crippen molar-refractivity contribution < 1.29 is 4.39 Å². The van der Waals surface area contributed by atoms with Gasteiger partial charge in [-0.3, -0.25) is 0 Å². The van der Waals surface area contributed by atoms with E-state index in [0.29, 0.717) is 0 Å². The summed E-state index contributed by atoms with van der Waals surface area (Å²) in [5.41, 5.74) is 2.08. The average molecular weight is 243 g/mol. The van der Waals surface area contributed by atoms with Gasteiger partial charge in [0.1, 0.15) is 5.82 Å². The van der Waals surface area contributed by atoms with E-state index in [4.69, 9.17) is 0 Å². The number of allylic oxidation sites excluding steroid dienone is 2. The fourth-order valence-corrected chi connectivity index (χ4v) is 1.35. The summed E-state index contributed by atoms with van der Waals surface area (Å²) >= 11 is 3.35. The van der Waals surface area contributed by atoms with Gasteiger partial charge in [0.05, 0.1) is 0 Å². The highest BCUT2D eigenvalue weighted by atomic mass is 79.9. The molecular formula is C11H12BrF. The summed E-state index contributed by atoms with van der Waals surface area (Å²) in [5, 5.41) is 0.944. The molecule has 0 amide bonds. The average Bonchev–Trinajstić information content (AvgIpc) is 2.14. The standard InChI is InChI=1S/C11H12BrF/c1-9(4-3-7-12)10-5-2-6-11(13)8-10/h2,4-6,8H,3,7H2,1H3/b9-4-. The SMILES string of the molecule is C/C(=C/CCBr)c1cccc(F)c1. The van der Waals surface area contributed by atoms with Gasteiger partial charge in [-0.25, -0.2) is 4.39 Å². The predicted octanol–water partition coefficient (Wildman–Crippen LogP) is 4.01. The number of rotatable bonds is 3. The van der Waals surface area contributed by atoms with E-state index in [2.05, 4.69) is 22.0 Å². The van der Waals surface area contributed by atoms with E-state index in [9.17, 15) is 4.39 Å². The van der Waals surface area contributed by atoms with E-state index in [1.54, 1.807) is 12.1 Å². The lowest BCUT2D eigenvalue weighted by Crippen LogP contribution is -1.82. The zero-order chi connectivity index (χ0) is 9.68. The second-order valence-electron chi connectivity index (χ2n) is 2.88. The molecule has 0 bridgehead atoms. The Morgan fingerprint density at radius 1 is 1.54 bits per heavy atom. The Morgan fingerprint density at radius 2 is 2.31 bits per heavy atom. The van der Waals surface area contributed by atoms with Gasteiger partial charge in [-0.2, -0.15) is 0 Å². The molecule has 0 saturated carbocycles. The summed E-state index contributed by atoms with van der Waals surface area (Å²) in [6.07, 6.45) is 3.08. The molecule has 0 fully saturated rings. The topological polar surface area (TPSA) is 0 Å². The lowest BCUT2D eigenvalue weighted by molar-refractivity contribution is 0.627. The highest BCUT2D eigenvalue weighted by Crippen LogP contribution is 2.15. The number of benzene rings is 1. The first-order valence-corrected chi connectivity index (χ1v) is 5.35. The van der Waals surface area contributed by atoms with Crippen LogP contribution < -0.4 is 0 Å². The second kappa shape index (κ2) is 5.18. The van der Waals surface area contributed by atoms with Crippen LogP contribution in [0.3, 0.4) is 0 Å². The van der Waals surface area contributed by atoms with Crippen molar-refractivity contribution in [1.82, 2.24) is 0 Å². The van der Waals surface area contributed by atoms with Crippen LogP contribution in [0.1, 0.15) is 18.9 Å². The van der Waals surface area contributed by atoms with E-state index in [-0.39, 0.29) is 5.82 Å². The van der Waals surface area contributed by atoms with Gasteiger partial charge in [0.25, 0.3) is 0 Å². The molecule has 0 unspecified atom stereocenters. The molecule has 0 radical (unpaired) electrons. The molecule has 1 aromatic rings. The van der Waals surface area contributed by atoms with Crippen LogP contribution in [0.25, 0.3) is 5.57 Å². The Balaban J connectivity index is 2.82. The van der Waals surface area contributed by atoms with Gasteiger partial charge in [0, 0.05) is 5.33 Å². The molecule has 0 nitrogen and oxygen atoms in total. The second-order valence-corrected chi connectivity index (χ2v) is 3.67. The molecule has 0 N–H and O–H groups in total. The first-order valence-electron chi connectivity index (χ1n) is 4.22. The molecule has 0 spiro atoms. The van der Waals surface area contributed by atoms with E-state index >= 15 is 0 Å². The summed E-state index contributed by atoms with van der Waals surface area (Å²) in [4.78, 5) is 0. The van der Waals surface area contributed by atoms with Crippen LogP contribution in [0.5, 0.6) is 0 Å². The molecule has 0 aliphatic rings. The van der Waals surface area contributed by atoms with Crippen molar-refractivity contribution in [2.75, 3.05) is 5.33 Å². The van der Waals surface area contributed by atoms with Crippen molar-refractivity contribution in [3.8, 4) is 0 Å². The zero-order valence-corrected chi connectivity index (χ0v) is 9.14. The third-order valence-corrected chi connectivity index (χ3v) is 2.30. The van der Waals surface area contributed by atoms with Crippen molar-refractivity contribution in [1.29, 1.82) is 0 Å². The number of halogens is 2. The van der Waals surface area contributed by atoms with Gasteiger partial charge in [0.2, 0.25) is 0 Å². The molecule has 0 aliphatic carbocycles. The predicted molar refractivity (Wildman–Crippen MR) is 58.5 cm³/mol. The van der Waals surface area contributed by atoms with Crippen LogP contribution >= 0.6 is 15.9 Å². The van der Waals surface area contributed by atoms with E-state index in [0.717, 1.165) is 22.9 Å². The van der Waals surface area contributed by atoms with Gasteiger partial charge in [-0.1, -0.05) is 34.1 Å². The summed E-state index contributed by atoms with van der Waals surface area (Å²) in [6.45, 7) is 2.00. The Bertz CT molecular complexity index is 305. The summed E-state index contributed by atoms with van der Waals surface area (Å²) < 4.78 is 12.8. The van der Waals surface area contributed by atoms with Crippen molar-refractivity contribution in [2.45, 2.75) is 13.3 Å². The maximum Gasteiger partial charge on any atom is 0.123 e. The fraction of sp³-hybridized carbons (Fsp3) is 0.273. The van der Waals surface area contributed by atoms with E-state index < -0.39 is 0 Å².